The SMILES string of the molecule is CN1CCCC(C2CCNc3c(F)cccc32)C1. The van der Waals surface area contributed by atoms with Crippen molar-refractivity contribution in [2.75, 3.05) is 32.0 Å². The van der Waals surface area contributed by atoms with Crippen LogP contribution in [0.4, 0.5) is 10.1 Å². The van der Waals surface area contributed by atoms with Gasteiger partial charge < -0.3 is 10.2 Å². The summed E-state index contributed by atoms with van der Waals surface area (Å²) in [6.45, 7) is 3.26. The van der Waals surface area contributed by atoms with E-state index in [1.807, 2.05) is 6.07 Å². The maximum absolute atomic E-state index is 13.8. The standard InChI is InChI=1S/C15H21FN2/c1-18-9-3-4-11(10-18)12-7-8-17-15-13(12)5-2-6-14(15)16/h2,5-6,11-12,17H,3-4,7-10H2,1H3. The summed E-state index contributed by atoms with van der Waals surface area (Å²) < 4.78 is 13.8. The Morgan fingerprint density at radius 2 is 2.22 bits per heavy atom. The number of piperidine rings is 1. The van der Waals surface area contributed by atoms with Gasteiger partial charge in [0.1, 0.15) is 5.82 Å². The van der Waals surface area contributed by atoms with Gasteiger partial charge in [-0.2, -0.15) is 0 Å². The molecule has 3 rings (SSSR count). The topological polar surface area (TPSA) is 15.3 Å². The third-order valence-corrected chi connectivity index (χ3v) is 4.43. The Morgan fingerprint density at radius 1 is 1.33 bits per heavy atom. The monoisotopic (exact) mass is 248 g/mol. The van der Waals surface area contributed by atoms with E-state index in [4.69, 9.17) is 0 Å². The molecule has 0 aliphatic carbocycles. The van der Waals surface area contributed by atoms with Crippen molar-refractivity contribution in [3.05, 3.63) is 29.6 Å². The van der Waals surface area contributed by atoms with Gasteiger partial charge in [-0.1, -0.05) is 12.1 Å². The summed E-state index contributed by atoms with van der Waals surface area (Å²) in [4.78, 5) is 2.41. The molecule has 0 saturated carbocycles. The minimum absolute atomic E-state index is 0.0960. The first-order chi connectivity index (χ1) is 8.75. The van der Waals surface area contributed by atoms with Gasteiger partial charge in [0.05, 0.1) is 5.69 Å². The van der Waals surface area contributed by atoms with Gasteiger partial charge in [-0.05, 0) is 56.3 Å². The van der Waals surface area contributed by atoms with Gasteiger partial charge in [-0.15, -0.1) is 0 Å². The Hall–Kier alpha value is -1.09. The quantitative estimate of drug-likeness (QED) is 0.821. The van der Waals surface area contributed by atoms with Crippen molar-refractivity contribution < 1.29 is 4.39 Å². The molecule has 1 N–H and O–H groups in total. The molecule has 0 amide bonds. The average Bonchev–Trinajstić information content (AvgIpc) is 2.39. The summed E-state index contributed by atoms with van der Waals surface area (Å²) in [5, 5.41) is 3.22. The molecular formula is C15H21FN2. The summed E-state index contributed by atoms with van der Waals surface area (Å²) >= 11 is 0. The molecule has 98 valence electrons. The van der Waals surface area contributed by atoms with Crippen LogP contribution in [0.5, 0.6) is 0 Å². The zero-order chi connectivity index (χ0) is 12.5. The first kappa shape index (κ1) is 12.0. The smallest absolute Gasteiger partial charge is 0.146 e. The molecule has 2 unspecified atom stereocenters. The first-order valence-corrected chi connectivity index (χ1v) is 6.96. The molecule has 2 heterocycles. The lowest BCUT2D eigenvalue weighted by Gasteiger charge is -2.38. The van der Waals surface area contributed by atoms with Crippen molar-refractivity contribution in [2.24, 2.45) is 5.92 Å². The number of rotatable bonds is 1. The number of benzene rings is 1. The Bertz CT molecular complexity index is 433. The van der Waals surface area contributed by atoms with Gasteiger partial charge in [0.25, 0.3) is 0 Å². The van der Waals surface area contributed by atoms with E-state index in [1.54, 1.807) is 6.07 Å². The molecule has 2 aliphatic heterocycles. The van der Waals surface area contributed by atoms with E-state index >= 15 is 0 Å². The number of para-hydroxylation sites is 1. The second-order valence-electron chi connectivity index (χ2n) is 5.69. The van der Waals surface area contributed by atoms with E-state index in [9.17, 15) is 4.39 Å². The highest BCUT2D eigenvalue weighted by molar-refractivity contribution is 5.56. The number of hydrogen-bond acceptors (Lipinski definition) is 2. The van der Waals surface area contributed by atoms with Crippen molar-refractivity contribution in [3.63, 3.8) is 0 Å². The Morgan fingerprint density at radius 3 is 3.06 bits per heavy atom. The van der Waals surface area contributed by atoms with Crippen LogP contribution in [0.3, 0.4) is 0 Å². The van der Waals surface area contributed by atoms with Crippen LogP contribution in [0.1, 0.15) is 30.7 Å². The maximum Gasteiger partial charge on any atom is 0.146 e. The highest BCUT2D eigenvalue weighted by Crippen LogP contribution is 2.40. The Kier molecular flexibility index (Phi) is 3.25. The van der Waals surface area contributed by atoms with E-state index in [0.717, 1.165) is 25.2 Å². The molecule has 0 bridgehead atoms. The van der Waals surface area contributed by atoms with Crippen LogP contribution in [-0.2, 0) is 0 Å². The predicted octanol–water partition coefficient (Wildman–Crippen LogP) is 3.07. The molecule has 2 nitrogen and oxygen atoms in total. The summed E-state index contributed by atoms with van der Waals surface area (Å²) in [6, 6.07) is 5.51. The molecular weight excluding hydrogens is 227 g/mol. The average molecular weight is 248 g/mol. The summed E-state index contributed by atoms with van der Waals surface area (Å²) in [5.74, 6) is 1.12. The normalized spacial score (nSPS) is 28.6. The van der Waals surface area contributed by atoms with Crippen molar-refractivity contribution in [1.82, 2.24) is 4.90 Å². The maximum atomic E-state index is 13.8. The van der Waals surface area contributed by atoms with E-state index in [0.29, 0.717) is 11.8 Å². The van der Waals surface area contributed by atoms with E-state index in [2.05, 4.69) is 23.3 Å². The zero-order valence-electron chi connectivity index (χ0n) is 11.0. The van der Waals surface area contributed by atoms with Gasteiger partial charge >= 0.3 is 0 Å². The fraction of sp³-hybridized carbons (Fsp3) is 0.600. The fourth-order valence-electron chi connectivity index (χ4n) is 3.57. The zero-order valence-corrected chi connectivity index (χ0v) is 11.0. The second-order valence-corrected chi connectivity index (χ2v) is 5.69. The van der Waals surface area contributed by atoms with E-state index in [1.165, 1.54) is 24.9 Å². The van der Waals surface area contributed by atoms with Gasteiger partial charge in [0, 0.05) is 13.1 Å². The summed E-state index contributed by atoms with van der Waals surface area (Å²) in [5.41, 5.74) is 1.95. The molecule has 3 heteroatoms. The molecule has 18 heavy (non-hydrogen) atoms. The Labute approximate surface area is 108 Å². The largest absolute Gasteiger partial charge is 0.382 e. The highest BCUT2D eigenvalue weighted by atomic mass is 19.1. The van der Waals surface area contributed by atoms with Crippen molar-refractivity contribution >= 4 is 5.69 Å². The fourth-order valence-corrected chi connectivity index (χ4v) is 3.57. The molecule has 0 radical (unpaired) electrons. The Balaban J connectivity index is 1.89. The minimum atomic E-state index is -0.0960. The molecule has 2 aliphatic rings. The molecule has 1 aromatic carbocycles. The molecule has 0 aromatic heterocycles. The van der Waals surface area contributed by atoms with E-state index < -0.39 is 0 Å². The molecule has 1 aromatic rings. The van der Waals surface area contributed by atoms with Gasteiger partial charge in [0.2, 0.25) is 0 Å². The van der Waals surface area contributed by atoms with Crippen LogP contribution in [0.2, 0.25) is 0 Å². The van der Waals surface area contributed by atoms with Crippen LogP contribution < -0.4 is 5.32 Å². The molecule has 1 saturated heterocycles. The number of fused-ring (bicyclic) bond motifs is 1. The molecule has 0 spiro atoms. The summed E-state index contributed by atoms with van der Waals surface area (Å²) in [6.07, 6.45) is 3.69. The predicted molar refractivity (Wildman–Crippen MR) is 72.5 cm³/mol. The van der Waals surface area contributed by atoms with Crippen molar-refractivity contribution in [1.29, 1.82) is 0 Å². The number of hydrogen-bond donors (Lipinski definition) is 1. The van der Waals surface area contributed by atoms with E-state index in [-0.39, 0.29) is 5.82 Å². The second kappa shape index (κ2) is 4.88. The minimum Gasteiger partial charge on any atom is -0.382 e. The van der Waals surface area contributed by atoms with Gasteiger partial charge in [-0.3, -0.25) is 0 Å². The number of anilines is 1. The van der Waals surface area contributed by atoms with Crippen molar-refractivity contribution in [3.8, 4) is 0 Å². The van der Waals surface area contributed by atoms with Crippen molar-refractivity contribution in [2.45, 2.75) is 25.2 Å². The third-order valence-electron chi connectivity index (χ3n) is 4.43. The van der Waals surface area contributed by atoms with Gasteiger partial charge in [-0.25, -0.2) is 4.39 Å². The number of halogens is 1. The highest BCUT2D eigenvalue weighted by Gasteiger charge is 2.31. The van der Waals surface area contributed by atoms with Crippen LogP contribution >= 0.6 is 0 Å². The lowest BCUT2D eigenvalue weighted by atomic mass is 9.77. The summed E-state index contributed by atoms with van der Waals surface area (Å²) in [7, 11) is 2.19. The number of nitrogens with zero attached hydrogens (tertiary/aromatic N) is 1. The van der Waals surface area contributed by atoms with Gasteiger partial charge in [0.15, 0.2) is 0 Å². The van der Waals surface area contributed by atoms with Crippen LogP contribution in [0.25, 0.3) is 0 Å². The lowest BCUT2D eigenvalue weighted by Crippen LogP contribution is -2.36. The number of likely N-dealkylation sites (tertiary alicyclic amines) is 1. The lowest BCUT2D eigenvalue weighted by molar-refractivity contribution is 0.183. The number of nitrogens with one attached hydrogen (secondary N) is 1. The van der Waals surface area contributed by atoms with Crippen LogP contribution in [0, 0.1) is 11.7 Å². The van der Waals surface area contributed by atoms with Crippen LogP contribution in [-0.4, -0.2) is 31.6 Å². The van der Waals surface area contributed by atoms with Crippen LogP contribution in [0.15, 0.2) is 18.2 Å². The third kappa shape index (κ3) is 2.12. The molecule has 2 atom stereocenters. The molecule has 1 fully saturated rings. The first-order valence-electron chi connectivity index (χ1n) is 6.96.